The summed E-state index contributed by atoms with van der Waals surface area (Å²) >= 11 is 0. The molecule has 2 aromatic carbocycles. The number of nitrogens with zero attached hydrogens (tertiary/aromatic N) is 1. The summed E-state index contributed by atoms with van der Waals surface area (Å²) < 4.78 is 11.1. The van der Waals surface area contributed by atoms with Crippen molar-refractivity contribution in [1.29, 1.82) is 0 Å². The second kappa shape index (κ2) is 7.62. The number of aromatic hydroxyl groups is 1. The number of aliphatic hydroxyl groups is 1. The van der Waals surface area contributed by atoms with Gasteiger partial charge in [-0.15, -0.1) is 0 Å². The Balaban J connectivity index is 2.11. The molecule has 3 rings (SSSR count). The van der Waals surface area contributed by atoms with E-state index in [-0.39, 0.29) is 11.6 Å². The van der Waals surface area contributed by atoms with Crippen molar-refractivity contribution < 1.29 is 19.4 Å². The Morgan fingerprint density at radius 1 is 1.08 bits per heavy atom. The first-order valence-corrected chi connectivity index (χ1v) is 8.61. The fourth-order valence-corrected chi connectivity index (χ4v) is 2.82. The minimum Gasteiger partial charge on any atom is -0.507 e. The van der Waals surface area contributed by atoms with Gasteiger partial charge in [-0.25, -0.2) is 4.98 Å². The third-order valence-electron chi connectivity index (χ3n) is 4.14. The fraction of sp³-hybridized carbons (Fsp3) is 0.286. The van der Waals surface area contributed by atoms with Crippen LogP contribution < -0.4 is 4.74 Å². The quantitative estimate of drug-likeness (QED) is 0.665. The highest BCUT2D eigenvalue weighted by Gasteiger charge is 2.23. The van der Waals surface area contributed by atoms with Crippen molar-refractivity contribution in [2.24, 2.45) is 5.92 Å². The Hall–Kier alpha value is -2.79. The number of phenolic OH excluding ortho intramolecular Hbond substituents is 1. The van der Waals surface area contributed by atoms with Crippen molar-refractivity contribution in [3.8, 4) is 34.1 Å². The molecule has 0 fully saturated rings. The summed E-state index contributed by atoms with van der Waals surface area (Å²) in [5.74, 6) is 1.83. The molecule has 136 valence electrons. The van der Waals surface area contributed by atoms with E-state index in [0.717, 1.165) is 11.3 Å². The minimum absolute atomic E-state index is 0.100. The molecule has 0 bridgehead atoms. The number of rotatable bonds is 6. The number of aliphatic hydroxyl groups excluding tert-OH is 1. The van der Waals surface area contributed by atoms with Crippen molar-refractivity contribution in [3.05, 3.63) is 54.4 Å². The van der Waals surface area contributed by atoms with Gasteiger partial charge in [0, 0.05) is 5.56 Å². The van der Waals surface area contributed by atoms with Gasteiger partial charge in [-0.3, -0.25) is 0 Å². The molecule has 5 nitrogen and oxygen atoms in total. The first-order chi connectivity index (χ1) is 12.5. The molecule has 1 unspecified atom stereocenters. The SMILES string of the molecule is COc1ccc(-c2nc(C(O)CC(C)C)oc2-c2ccccc2O)cc1. The van der Waals surface area contributed by atoms with Crippen molar-refractivity contribution in [3.63, 3.8) is 0 Å². The summed E-state index contributed by atoms with van der Waals surface area (Å²) in [6.45, 7) is 4.06. The fourth-order valence-electron chi connectivity index (χ4n) is 2.82. The van der Waals surface area contributed by atoms with E-state index in [1.807, 2.05) is 44.2 Å². The van der Waals surface area contributed by atoms with Crippen LogP contribution in [-0.2, 0) is 0 Å². The largest absolute Gasteiger partial charge is 0.507 e. The molecule has 26 heavy (non-hydrogen) atoms. The van der Waals surface area contributed by atoms with E-state index < -0.39 is 6.10 Å². The number of phenols is 1. The highest BCUT2D eigenvalue weighted by molar-refractivity contribution is 5.80. The lowest BCUT2D eigenvalue weighted by Gasteiger charge is -2.08. The number of para-hydroxylation sites is 1. The number of methoxy groups -OCH3 is 1. The van der Waals surface area contributed by atoms with Crippen LogP contribution in [0.25, 0.3) is 22.6 Å². The van der Waals surface area contributed by atoms with Gasteiger partial charge in [-0.2, -0.15) is 0 Å². The van der Waals surface area contributed by atoms with E-state index in [0.29, 0.717) is 29.4 Å². The van der Waals surface area contributed by atoms with Crippen LogP contribution in [0.3, 0.4) is 0 Å². The van der Waals surface area contributed by atoms with Gasteiger partial charge in [0.25, 0.3) is 0 Å². The number of hydrogen-bond acceptors (Lipinski definition) is 5. The van der Waals surface area contributed by atoms with Crippen LogP contribution in [0.4, 0.5) is 0 Å². The Morgan fingerprint density at radius 2 is 1.77 bits per heavy atom. The number of hydrogen-bond donors (Lipinski definition) is 2. The van der Waals surface area contributed by atoms with Crippen LogP contribution >= 0.6 is 0 Å². The summed E-state index contributed by atoms with van der Waals surface area (Å²) in [4.78, 5) is 4.54. The summed E-state index contributed by atoms with van der Waals surface area (Å²) in [6, 6.07) is 14.3. The van der Waals surface area contributed by atoms with Gasteiger partial charge < -0.3 is 19.4 Å². The molecular weight excluding hydrogens is 330 g/mol. The molecule has 2 N–H and O–H groups in total. The highest BCUT2D eigenvalue weighted by Crippen LogP contribution is 2.39. The molecule has 1 aromatic heterocycles. The molecule has 0 saturated carbocycles. The van der Waals surface area contributed by atoms with Gasteiger partial charge in [0.15, 0.2) is 5.76 Å². The van der Waals surface area contributed by atoms with Crippen molar-refractivity contribution in [2.75, 3.05) is 7.11 Å². The van der Waals surface area contributed by atoms with Crippen molar-refractivity contribution in [2.45, 2.75) is 26.4 Å². The van der Waals surface area contributed by atoms with Crippen molar-refractivity contribution in [1.82, 2.24) is 4.98 Å². The normalized spacial score (nSPS) is 12.3. The maximum absolute atomic E-state index is 10.4. The zero-order chi connectivity index (χ0) is 18.7. The van der Waals surface area contributed by atoms with E-state index in [2.05, 4.69) is 4.98 Å². The van der Waals surface area contributed by atoms with Gasteiger partial charge in [-0.1, -0.05) is 26.0 Å². The van der Waals surface area contributed by atoms with E-state index in [9.17, 15) is 10.2 Å². The maximum atomic E-state index is 10.4. The Kier molecular flexibility index (Phi) is 5.28. The summed E-state index contributed by atoms with van der Waals surface area (Å²) in [6.07, 6.45) is -0.255. The molecule has 3 aromatic rings. The molecule has 0 amide bonds. The molecule has 0 aliphatic heterocycles. The van der Waals surface area contributed by atoms with Crippen LogP contribution in [-0.4, -0.2) is 22.3 Å². The molecule has 1 atom stereocenters. The van der Waals surface area contributed by atoms with Crippen LogP contribution in [0, 0.1) is 5.92 Å². The lowest BCUT2D eigenvalue weighted by molar-refractivity contribution is 0.121. The number of ether oxygens (including phenoxy) is 1. The van der Waals surface area contributed by atoms with E-state index in [1.54, 1.807) is 25.3 Å². The van der Waals surface area contributed by atoms with Gasteiger partial charge in [0.2, 0.25) is 5.89 Å². The second-order valence-corrected chi connectivity index (χ2v) is 6.62. The predicted molar refractivity (Wildman–Crippen MR) is 100 cm³/mol. The Bertz CT molecular complexity index is 868. The van der Waals surface area contributed by atoms with Gasteiger partial charge in [0.1, 0.15) is 23.3 Å². The predicted octanol–water partition coefficient (Wildman–Crippen LogP) is 4.80. The third kappa shape index (κ3) is 3.73. The zero-order valence-corrected chi connectivity index (χ0v) is 15.1. The lowest BCUT2D eigenvalue weighted by Crippen LogP contribution is -2.02. The monoisotopic (exact) mass is 353 g/mol. The molecular formula is C21H23NO4. The first kappa shape index (κ1) is 18.0. The summed E-state index contributed by atoms with van der Waals surface area (Å²) in [7, 11) is 1.61. The Morgan fingerprint density at radius 3 is 2.38 bits per heavy atom. The number of benzene rings is 2. The van der Waals surface area contributed by atoms with E-state index in [4.69, 9.17) is 9.15 Å². The summed E-state index contributed by atoms with van der Waals surface area (Å²) in [5.41, 5.74) is 1.93. The molecule has 0 aliphatic rings. The van der Waals surface area contributed by atoms with Gasteiger partial charge >= 0.3 is 0 Å². The topological polar surface area (TPSA) is 75.7 Å². The average Bonchev–Trinajstić information content (AvgIpc) is 3.07. The van der Waals surface area contributed by atoms with Crippen molar-refractivity contribution >= 4 is 0 Å². The van der Waals surface area contributed by atoms with E-state index >= 15 is 0 Å². The summed E-state index contributed by atoms with van der Waals surface area (Å²) in [5, 5.41) is 20.7. The third-order valence-corrected chi connectivity index (χ3v) is 4.14. The molecule has 0 saturated heterocycles. The number of oxazole rings is 1. The molecule has 1 heterocycles. The van der Waals surface area contributed by atoms with Crippen LogP contribution in [0.1, 0.15) is 32.3 Å². The van der Waals surface area contributed by atoms with Crippen LogP contribution in [0.15, 0.2) is 52.9 Å². The number of aromatic nitrogens is 1. The second-order valence-electron chi connectivity index (χ2n) is 6.62. The molecule has 5 heteroatoms. The Labute approximate surface area is 152 Å². The maximum Gasteiger partial charge on any atom is 0.224 e. The smallest absolute Gasteiger partial charge is 0.224 e. The van der Waals surface area contributed by atoms with Crippen LogP contribution in [0.5, 0.6) is 11.5 Å². The molecule has 0 spiro atoms. The van der Waals surface area contributed by atoms with Gasteiger partial charge in [-0.05, 0) is 48.7 Å². The lowest BCUT2D eigenvalue weighted by atomic mass is 10.0. The minimum atomic E-state index is -0.799. The molecule has 0 aliphatic carbocycles. The zero-order valence-electron chi connectivity index (χ0n) is 15.1. The first-order valence-electron chi connectivity index (χ1n) is 8.61. The van der Waals surface area contributed by atoms with Gasteiger partial charge in [0.05, 0.1) is 12.7 Å². The van der Waals surface area contributed by atoms with E-state index in [1.165, 1.54) is 0 Å². The van der Waals surface area contributed by atoms with Crippen LogP contribution in [0.2, 0.25) is 0 Å². The average molecular weight is 353 g/mol. The highest BCUT2D eigenvalue weighted by atomic mass is 16.5. The standard InChI is InChI=1S/C21H23NO4/c1-13(2)12-18(24)21-22-19(14-8-10-15(25-3)11-9-14)20(26-21)16-6-4-5-7-17(16)23/h4-11,13,18,23-24H,12H2,1-3H3. The molecule has 0 radical (unpaired) electrons.